The minimum atomic E-state index is -0.0316. The van der Waals surface area contributed by atoms with Crippen LogP contribution in [0.1, 0.15) is 57.4 Å². The highest BCUT2D eigenvalue weighted by molar-refractivity contribution is 5.96. The van der Waals surface area contributed by atoms with Crippen molar-refractivity contribution in [3.8, 4) is 11.5 Å². The number of aromatic hydroxyl groups is 2. The molecule has 5 nitrogen and oxygen atoms in total. The molecule has 3 aromatic rings. The summed E-state index contributed by atoms with van der Waals surface area (Å²) in [5.41, 5.74) is 2.56. The smallest absolute Gasteiger partial charge is 0.160 e. The van der Waals surface area contributed by atoms with Crippen molar-refractivity contribution in [3.05, 3.63) is 95.1 Å². The molecule has 0 atom stereocenters. The molecule has 0 heterocycles. The summed E-state index contributed by atoms with van der Waals surface area (Å²) in [5, 5.41) is 18.1. The molecule has 156 valence electrons. The van der Waals surface area contributed by atoms with Gasteiger partial charge >= 0.3 is 0 Å². The lowest BCUT2D eigenvalue weighted by atomic mass is 10.1. The zero-order valence-electron chi connectivity index (χ0n) is 17.5. The third kappa shape index (κ3) is 8.10. The molecule has 3 aromatic carbocycles. The van der Waals surface area contributed by atoms with E-state index in [1.54, 1.807) is 44.2 Å². The fraction of sp³-hybridized carbons (Fsp3) is 0.160. The first-order valence-corrected chi connectivity index (χ1v) is 9.29. The van der Waals surface area contributed by atoms with E-state index in [0.29, 0.717) is 16.7 Å². The van der Waals surface area contributed by atoms with E-state index < -0.39 is 0 Å². The Morgan fingerprint density at radius 3 is 1.57 bits per heavy atom. The number of benzene rings is 3. The summed E-state index contributed by atoms with van der Waals surface area (Å²) in [4.78, 5) is 32.2. The summed E-state index contributed by atoms with van der Waals surface area (Å²) in [6.45, 7) is 6.25. The van der Waals surface area contributed by atoms with Crippen molar-refractivity contribution in [1.82, 2.24) is 0 Å². The summed E-state index contributed by atoms with van der Waals surface area (Å²) < 4.78 is 0. The second-order valence-electron chi connectivity index (χ2n) is 6.53. The largest absolute Gasteiger partial charge is 0.508 e. The summed E-state index contributed by atoms with van der Waals surface area (Å²) in [6.07, 6.45) is 0. The minimum absolute atomic E-state index is 0.0154. The van der Waals surface area contributed by atoms with Gasteiger partial charge in [0.15, 0.2) is 17.3 Å². The molecule has 0 aliphatic carbocycles. The molecule has 30 heavy (non-hydrogen) atoms. The van der Waals surface area contributed by atoms with Gasteiger partial charge in [0.05, 0.1) is 0 Å². The van der Waals surface area contributed by atoms with Crippen LogP contribution in [0.15, 0.2) is 72.8 Å². The second-order valence-corrected chi connectivity index (χ2v) is 6.53. The summed E-state index contributed by atoms with van der Waals surface area (Å²) in [7, 11) is 0. The van der Waals surface area contributed by atoms with Gasteiger partial charge in [-0.3, -0.25) is 14.4 Å². The lowest BCUT2D eigenvalue weighted by Crippen LogP contribution is -1.94. The molecule has 0 aliphatic rings. The average molecular weight is 406 g/mol. The monoisotopic (exact) mass is 406 g/mol. The maximum atomic E-state index is 10.9. The molecule has 2 N–H and O–H groups in total. The van der Waals surface area contributed by atoms with Crippen LogP contribution >= 0.6 is 0 Å². The summed E-state index contributed by atoms with van der Waals surface area (Å²) in [6, 6.07) is 20.5. The Balaban J connectivity index is 0.000000226. The van der Waals surface area contributed by atoms with E-state index in [2.05, 4.69) is 0 Å². The Morgan fingerprint density at radius 1 is 0.633 bits per heavy atom. The van der Waals surface area contributed by atoms with E-state index in [1.807, 2.05) is 30.3 Å². The number of carbonyl (C=O) groups excluding carboxylic acids is 3. The lowest BCUT2D eigenvalue weighted by Gasteiger charge is -2.02. The van der Waals surface area contributed by atoms with Crippen molar-refractivity contribution in [1.29, 1.82) is 0 Å². The van der Waals surface area contributed by atoms with Crippen molar-refractivity contribution in [2.24, 2.45) is 0 Å². The zero-order valence-corrected chi connectivity index (χ0v) is 17.5. The lowest BCUT2D eigenvalue weighted by molar-refractivity contribution is 0.100. The van der Waals surface area contributed by atoms with Gasteiger partial charge in [-0.1, -0.05) is 54.6 Å². The fourth-order valence-electron chi connectivity index (χ4n) is 2.40. The molecule has 0 aromatic heterocycles. The maximum Gasteiger partial charge on any atom is 0.160 e. The highest BCUT2D eigenvalue weighted by Gasteiger charge is 2.05. The van der Waals surface area contributed by atoms with Crippen molar-refractivity contribution in [2.45, 2.75) is 27.7 Å². The van der Waals surface area contributed by atoms with E-state index in [-0.39, 0.29) is 28.8 Å². The van der Waals surface area contributed by atoms with Gasteiger partial charge in [-0.15, -0.1) is 0 Å². The molecule has 0 bridgehead atoms. The SMILES string of the molecule is CC(=O)c1cccc(O)c1.CC(=O)c1cccc(O)c1C.CC(=O)c1ccccc1. The van der Waals surface area contributed by atoms with Crippen molar-refractivity contribution >= 4 is 17.3 Å². The fourth-order valence-corrected chi connectivity index (χ4v) is 2.40. The minimum Gasteiger partial charge on any atom is -0.508 e. The third-order valence-corrected chi connectivity index (χ3v) is 4.12. The van der Waals surface area contributed by atoms with Crippen molar-refractivity contribution in [2.75, 3.05) is 0 Å². The van der Waals surface area contributed by atoms with Crippen LogP contribution in [0.4, 0.5) is 0 Å². The Bertz CT molecular complexity index is 1010. The number of phenols is 2. The molecule has 0 amide bonds. The molecule has 3 rings (SSSR count). The van der Waals surface area contributed by atoms with Gasteiger partial charge in [-0.05, 0) is 45.9 Å². The second kappa shape index (κ2) is 12.0. The zero-order chi connectivity index (χ0) is 22.7. The van der Waals surface area contributed by atoms with E-state index in [1.165, 1.54) is 26.0 Å². The first-order valence-electron chi connectivity index (χ1n) is 9.29. The van der Waals surface area contributed by atoms with Crippen molar-refractivity contribution in [3.63, 3.8) is 0 Å². The molecular weight excluding hydrogens is 380 g/mol. The predicted octanol–water partition coefficient (Wildman–Crippen LogP) is 5.39. The van der Waals surface area contributed by atoms with Gasteiger partial charge in [-0.2, -0.15) is 0 Å². The predicted molar refractivity (Wildman–Crippen MR) is 117 cm³/mol. The van der Waals surface area contributed by atoms with Crippen LogP contribution in [0.5, 0.6) is 11.5 Å². The van der Waals surface area contributed by atoms with Crippen LogP contribution in [0.25, 0.3) is 0 Å². The highest BCUT2D eigenvalue weighted by atomic mass is 16.3. The third-order valence-electron chi connectivity index (χ3n) is 4.12. The topological polar surface area (TPSA) is 91.7 Å². The molecule has 0 saturated heterocycles. The summed E-state index contributed by atoms with van der Waals surface area (Å²) >= 11 is 0. The van der Waals surface area contributed by atoms with Crippen LogP contribution in [0, 0.1) is 6.92 Å². The van der Waals surface area contributed by atoms with Crippen LogP contribution < -0.4 is 0 Å². The van der Waals surface area contributed by atoms with E-state index in [4.69, 9.17) is 5.11 Å². The quantitative estimate of drug-likeness (QED) is 0.569. The Kier molecular flexibility index (Phi) is 9.70. The number of hydrogen-bond donors (Lipinski definition) is 2. The van der Waals surface area contributed by atoms with Gasteiger partial charge in [-0.25, -0.2) is 0 Å². The Labute approximate surface area is 176 Å². The van der Waals surface area contributed by atoms with Gasteiger partial charge in [0, 0.05) is 22.3 Å². The standard InChI is InChI=1S/C9H10O2.C8H8O2.C8H8O/c1-6-8(7(2)10)4-3-5-9(6)11;1-6(9)7-3-2-4-8(10)5-7;1-7(9)8-5-3-2-4-6-8/h3-5,11H,1-2H3;2-5,10H,1H3;2-6H,1H3. The number of hydrogen-bond acceptors (Lipinski definition) is 5. The van der Waals surface area contributed by atoms with Gasteiger partial charge < -0.3 is 10.2 Å². The Morgan fingerprint density at radius 2 is 1.17 bits per heavy atom. The molecule has 0 fully saturated rings. The highest BCUT2D eigenvalue weighted by Crippen LogP contribution is 2.19. The number of carbonyl (C=O) groups is 3. The molecule has 0 radical (unpaired) electrons. The van der Waals surface area contributed by atoms with E-state index >= 15 is 0 Å². The van der Waals surface area contributed by atoms with Gasteiger partial charge in [0.1, 0.15) is 11.5 Å². The molecular formula is C25H26O5. The van der Waals surface area contributed by atoms with Crippen LogP contribution in [0.3, 0.4) is 0 Å². The van der Waals surface area contributed by atoms with Crippen LogP contribution in [0.2, 0.25) is 0 Å². The van der Waals surface area contributed by atoms with Gasteiger partial charge in [0.25, 0.3) is 0 Å². The number of phenolic OH excluding ortho intramolecular Hbond substituents is 2. The van der Waals surface area contributed by atoms with Crippen LogP contribution in [-0.4, -0.2) is 27.6 Å². The van der Waals surface area contributed by atoms with Gasteiger partial charge in [0.2, 0.25) is 0 Å². The summed E-state index contributed by atoms with van der Waals surface area (Å²) in [5.74, 6) is 0.385. The number of rotatable bonds is 3. The molecule has 0 unspecified atom stereocenters. The molecule has 0 saturated carbocycles. The van der Waals surface area contributed by atoms with E-state index in [9.17, 15) is 19.5 Å². The van der Waals surface area contributed by atoms with E-state index in [0.717, 1.165) is 5.56 Å². The maximum absolute atomic E-state index is 10.9. The van der Waals surface area contributed by atoms with Crippen LogP contribution in [-0.2, 0) is 0 Å². The van der Waals surface area contributed by atoms with Crippen molar-refractivity contribution < 1.29 is 24.6 Å². The molecule has 0 spiro atoms. The first-order chi connectivity index (χ1) is 14.1. The number of ketones is 3. The molecule has 5 heteroatoms. The first kappa shape index (κ1) is 24.3. The number of Topliss-reactive ketones (excluding diaryl/α,β-unsaturated/α-hetero) is 3. The average Bonchev–Trinajstić information content (AvgIpc) is 2.71. The molecule has 0 aliphatic heterocycles. The normalized spacial score (nSPS) is 9.33. The Hall–Kier alpha value is -3.73.